The first-order valence-corrected chi connectivity index (χ1v) is 6.90. The van der Waals surface area contributed by atoms with Gasteiger partial charge in [0.05, 0.1) is 7.11 Å². The van der Waals surface area contributed by atoms with E-state index in [0.29, 0.717) is 13.1 Å². The molecule has 4 heteroatoms. The number of hydrogen-bond acceptors (Lipinski definition) is 3. The van der Waals surface area contributed by atoms with Crippen LogP contribution in [-0.4, -0.2) is 21.2 Å². The van der Waals surface area contributed by atoms with E-state index in [4.69, 9.17) is 4.74 Å². The second-order valence-corrected chi connectivity index (χ2v) is 5.05. The Morgan fingerprint density at radius 3 is 2.43 bits per heavy atom. The van der Waals surface area contributed by atoms with E-state index in [1.807, 2.05) is 49.3 Å². The van der Waals surface area contributed by atoms with Crippen molar-refractivity contribution in [1.82, 2.24) is 5.32 Å². The second-order valence-electron chi connectivity index (χ2n) is 5.05. The Bertz CT molecular complexity index is 584. The van der Waals surface area contributed by atoms with Crippen molar-refractivity contribution in [2.45, 2.75) is 13.1 Å². The SMILES string of the molecule is CNCc1cc(F)cc(N(C)Cc2ccc(OC)cc2)c1. The van der Waals surface area contributed by atoms with Crippen LogP contribution in [0.1, 0.15) is 11.1 Å². The number of anilines is 1. The molecule has 0 radical (unpaired) electrons. The maximum absolute atomic E-state index is 13.7. The highest BCUT2D eigenvalue weighted by molar-refractivity contribution is 5.49. The lowest BCUT2D eigenvalue weighted by atomic mass is 10.1. The van der Waals surface area contributed by atoms with E-state index in [-0.39, 0.29) is 5.82 Å². The van der Waals surface area contributed by atoms with Crippen LogP contribution in [0.25, 0.3) is 0 Å². The Morgan fingerprint density at radius 1 is 1.10 bits per heavy atom. The Hall–Kier alpha value is -2.07. The number of benzene rings is 2. The van der Waals surface area contributed by atoms with Crippen molar-refractivity contribution in [2.75, 3.05) is 26.1 Å². The molecule has 1 N–H and O–H groups in total. The van der Waals surface area contributed by atoms with Gasteiger partial charge in [0.2, 0.25) is 0 Å². The van der Waals surface area contributed by atoms with E-state index in [9.17, 15) is 4.39 Å². The van der Waals surface area contributed by atoms with Crippen molar-refractivity contribution < 1.29 is 9.13 Å². The number of rotatable bonds is 6. The number of nitrogens with one attached hydrogen (secondary N) is 1. The number of hydrogen-bond donors (Lipinski definition) is 1. The zero-order valence-corrected chi connectivity index (χ0v) is 12.7. The van der Waals surface area contributed by atoms with E-state index in [1.54, 1.807) is 19.2 Å². The van der Waals surface area contributed by atoms with Gasteiger partial charge in [0.1, 0.15) is 11.6 Å². The van der Waals surface area contributed by atoms with Gasteiger partial charge < -0.3 is 15.0 Å². The summed E-state index contributed by atoms with van der Waals surface area (Å²) in [4.78, 5) is 2.03. The summed E-state index contributed by atoms with van der Waals surface area (Å²) in [5.74, 6) is 0.628. The van der Waals surface area contributed by atoms with E-state index in [2.05, 4.69) is 5.32 Å². The molecule has 0 spiro atoms. The van der Waals surface area contributed by atoms with Crippen LogP contribution in [0.3, 0.4) is 0 Å². The zero-order chi connectivity index (χ0) is 15.2. The normalized spacial score (nSPS) is 10.5. The number of methoxy groups -OCH3 is 1. The molecular weight excluding hydrogens is 267 g/mol. The van der Waals surface area contributed by atoms with E-state index < -0.39 is 0 Å². The maximum atomic E-state index is 13.7. The number of halogens is 1. The Labute approximate surface area is 125 Å². The van der Waals surface area contributed by atoms with Crippen LogP contribution in [0.4, 0.5) is 10.1 Å². The molecule has 2 rings (SSSR count). The summed E-state index contributed by atoms with van der Waals surface area (Å²) in [7, 11) is 5.46. The first-order chi connectivity index (χ1) is 10.1. The molecule has 0 aliphatic heterocycles. The topological polar surface area (TPSA) is 24.5 Å². The molecule has 0 heterocycles. The fourth-order valence-electron chi connectivity index (χ4n) is 2.26. The van der Waals surface area contributed by atoms with Crippen LogP contribution in [0.5, 0.6) is 5.75 Å². The average Bonchev–Trinajstić information content (AvgIpc) is 2.48. The van der Waals surface area contributed by atoms with Crippen LogP contribution >= 0.6 is 0 Å². The fraction of sp³-hybridized carbons (Fsp3) is 0.294. The van der Waals surface area contributed by atoms with E-state index >= 15 is 0 Å². The average molecular weight is 288 g/mol. The van der Waals surface area contributed by atoms with Crippen molar-refractivity contribution in [3.05, 3.63) is 59.4 Å². The molecule has 112 valence electrons. The molecule has 0 aromatic heterocycles. The van der Waals surface area contributed by atoms with Gasteiger partial charge in [0.15, 0.2) is 0 Å². The lowest BCUT2D eigenvalue weighted by molar-refractivity contribution is 0.414. The van der Waals surface area contributed by atoms with Crippen LogP contribution in [0.15, 0.2) is 42.5 Å². The first kappa shape index (κ1) is 15.3. The van der Waals surface area contributed by atoms with Gasteiger partial charge in [0, 0.05) is 25.8 Å². The van der Waals surface area contributed by atoms with Crippen molar-refractivity contribution in [3.8, 4) is 5.75 Å². The van der Waals surface area contributed by atoms with Crippen LogP contribution < -0.4 is 15.0 Å². The van der Waals surface area contributed by atoms with Gasteiger partial charge in [-0.1, -0.05) is 12.1 Å². The van der Waals surface area contributed by atoms with Crippen LogP contribution in [0, 0.1) is 5.82 Å². The van der Waals surface area contributed by atoms with Gasteiger partial charge in [-0.3, -0.25) is 0 Å². The minimum atomic E-state index is -0.209. The lowest BCUT2D eigenvalue weighted by Crippen LogP contribution is -2.17. The number of nitrogens with zero attached hydrogens (tertiary/aromatic N) is 1. The molecule has 2 aromatic rings. The first-order valence-electron chi connectivity index (χ1n) is 6.90. The van der Waals surface area contributed by atoms with Crippen molar-refractivity contribution in [3.63, 3.8) is 0 Å². The molecular formula is C17H21FN2O. The highest BCUT2D eigenvalue weighted by atomic mass is 19.1. The Balaban J connectivity index is 2.13. The van der Waals surface area contributed by atoms with Gasteiger partial charge >= 0.3 is 0 Å². The van der Waals surface area contributed by atoms with Gasteiger partial charge in [-0.05, 0) is 48.5 Å². The molecule has 21 heavy (non-hydrogen) atoms. The minimum Gasteiger partial charge on any atom is -0.497 e. The molecule has 0 aliphatic rings. The third-order valence-corrected chi connectivity index (χ3v) is 3.34. The van der Waals surface area contributed by atoms with Crippen molar-refractivity contribution in [2.24, 2.45) is 0 Å². The van der Waals surface area contributed by atoms with Crippen LogP contribution in [-0.2, 0) is 13.1 Å². The summed E-state index contributed by atoms with van der Waals surface area (Å²) in [6.07, 6.45) is 0. The van der Waals surface area contributed by atoms with Gasteiger partial charge in [-0.2, -0.15) is 0 Å². The fourth-order valence-corrected chi connectivity index (χ4v) is 2.26. The van der Waals surface area contributed by atoms with Gasteiger partial charge in [0.25, 0.3) is 0 Å². The highest BCUT2D eigenvalue weighted by Gasteiger charge is 2.06. The molecule has 0 bridgehead atoms. The summed E-state index contributed by atoms with van der Waals surface area (Å²) in [6.45, 7) is 1.37. The van der Waals surface area contributed by atoms with E-state index in [0.717, 1.165) is 22.6 Å². The van der Waals surface area contributed by atoms with Crippen LogP contribution in [0.2, 0.25) is 0 Å². The standard InChI is InChI=1S/C17H21FN2O/c1-19-11-14-8-15(18)10-16(9-14)20(2)12-13-4-6-17(21-3)7-5-13/h4-10,19H,11-12H2,1-3H3. The lowest BCUT2D eigenvalue weighted by Gasteiger charge is -2.20. The largest absolute Gasteiger partial charge is 0.497 e. The molecule has 0 saturated heterocycles. The molecule has 0 atom stereocenters. The molecule has 0 saturated carbocycles. The third kappa shape index (κ3) is 4.20. The summed E-state index contributed by atoms with van der Waals surface area (Å²) >= 11 is 0. The van der Waals surface area contributed by atoms with Gasteiger partial charge in [-0.15, -0.1) is 0 Å². The predicted molar refractivity (Wildman–Crippen MR) is 84.3 cm³/mol. The predicted octanol–water partition coefficient (Wildman–Crippen LogP) is 3.19. The Kier molecular flexibility index (Phi) is 5.17. The zero-order valence-electron chi connectivity index (χ0n) is 12.7. The quantitative estimate of drug-likeness (QED) is 0.883. The minimum absolute atomic E-state index is 0.209. The van der Waals surface area contributed by atoms with Crippen molar-refractivity contribution >= 4 is 5.69 Å². The molecule has 3 nitrogen and oxygen atoms in total. The summed E-state index contributed by atoms with van der Waals surface area (Å²) in [5, 5.41) is 3.04. The summed E-state index contributed by atoms with van der Waals surface area (Å²) in [5.41, 5.74) is 2.96. The van der Waals surface area contributed by atoms with Crippen molar-refractivity contribution in [1.29, 1.82) is 0 Å². The highest BCUT2D eigenvalue weighted by Crippen LogP contribution is 2.20. The molecule has 0 unspecified atom stereocenters. The Morgan fingerprint density at radius 2 is 1.81 bits per heavy atom. The second kappa shape index (κ2) is 7.09. The summed E-state index contributed by atoms with van der Waals surface area (Å²) < 4.78 is 18.8. The van der Waals surface area contributed by atoms with Gasteiger partial charge in [-0.25, -0.2) is 4.39 Å². The molecule has 2 aromatic carbocycles. The summed E-state index contributed by atoms with van der Waals surface area (Å²) in [6, 6.07) is 13.0. The third-order valence-electron chi connectivity index (χ3n) is 3.34. The monoisotopic (exact) mass is 288 g/mol. The molecule has 0 fully saturated rings. The molecule has 0 amide bonds. The maximum Gasteiger partial charge on any atom is 0.125 e. The smallest absolute Gasteiger partial charge is 0.125 e. The van der Waals surface area contributed by atoms with E-state index in [1.165, 1.54) is 0 Å². The molecule has 0 aliphatic carbocycles. The number of ether oxygens (including phenoxy) is 1.